The minimum atomic E-state index is -4.46. The molecule has 1 aliphatic carbocycles. The molecule has 0 unspecified atom stereocenters. The maximum atomic E-state index is 12.8. The summed E-state index contributed by atoms with van der Waals surface area (Å²) in [6, 6.07) is 9.73. The van der Waals surface area contributed by atoms with E-state index in [2.05, 4.69) is 0 Å². The normalized spacial score (nSPS) is 13.7. The highest BCUT2D eigenvalue weighted by Gasteiger charge is 2.30. The average Bonchev–Trinajstić information content (AvgIpc) is 3.16. The van der Waals surface area contributed by atoms with Crippen LogP contribution in [0.25, 0.3) is 17.0 Å². The fraction of sp³-hybridized carbons (Fsp3) is 0.217. The standard InChI is InChI=1S/C23H17F3O4/c24-23(25,26)18-6-1-3-14(9-18)7-8-21(27)29-13-17-12-22(28)30-20-11-16-5-2-4-15(16)10-19(17)20/h1,3,6-12H,2,4-5,13H2/b8-7+. The number of esters is 1. The van der Waals surface area contributed by atoms with Crippen LogP contribution in [-0.2, 0) is 35.2 Å². The van der Waals surface area contributed by atoms with Gasteiger partial charge in [0.1, 0.15) is 12.2 Å². The number of fused-ring (bicyclic) bond motifs is 2. The fourth-order valence-electron chi connectivity index (χ4n) is 3.59. The predicted octanol–water partition coefficient (Wildman–Crippen LogP) is 5.06. The van der Waals surface area contributed by atoms with Crippen LogP contribution in [0.5, 0.6) is 0 Å². The molecule has 0 bridgehead atoms. The van der Waals surface area contributed by atoms with Gasteiger partial charge < -0.3 is 9.15 Å². The van der Waals surface area contributed by atoms with Crippen LogP contribution in [0.2, 0.25) is 0 Å². The van der Waals surface area contributed by atoms with E-state index in [-0.39, 0.29) is 12.2 Å². The molecule has 3 aromatic rings. The number of aryl methyl sites for hydroxylation is 2. The predicted molar refractivity (Wildman–Crippen MR) is 105 cm³/mol. The third-order valence-corrected chi connectivity index (χ3v) is 5.04. The van der Waals surface area contributed by atoms with Gasteiger partial charge >= 0.3 is 17.8 Å². The molecule has 4 rings (SSSR count). The van der Waals surface area contributed by atoms with E-state index in [0.717, 1.165) is 43.0 Å². The largest absolute Gasteiger partial charge is 0.458 e. The molecule has 1 aliphatic rings. The van der Waals surface area contributed by atoms with E-state index in [4.69, 9.17) is 9.15 Å². The maximum absolute atomic E-state index is 12.8. The van der Waals surface area contributed by atoms with Gasteiger partial charge in [0.15, 0.2) is 0 Å². The van der Waals surface area contributed by atoms with Crippen LogP contribution in [0.3, 0.4) is 0 Å². The number of ether oxygens (including phenoxy) is 1. The van der Waals surface area contributed by atoms with Gasteiger partial charge in [0.05, 0.1) is 5.56 Å². The van der Waals surface area contributed by atoms with Gasteiger partial charge in [-0.1, -0.05) is 12.1 Å². The Balaban J connectivity index is 1.50. The lowest BCUT2D eigenvalue weighted by atomic mass is 10.0. The van der Waals surface area contributed by atoms with Crippen molar-refractivity contribution in [1.29, 1.82) is 0 Å². The van der Waals surface area contributed by atoms with Crippen LogP contribution < -0.4 is 5.63 Å². The minimum absolute atomic E-state index is 0.146. The number of hydrogen-bond donors (Lipinski definition) is 0. The molecule has 0 saturated heterocycles. The molecule has 4 nitrogen and oxygen atoms in total. The Morgan fingerprint density at radius 3 is 2.63 bits per heavy atom. The van der Waals surface area contributed by atoms with Crippen LogP contribution in [0.15, 0.2) is 57.8 Å². The molecule has 154 valence electrons. The SMILES string of the molecule is O=C(/C=C/c1cccc(C(F)(F)F)c1)OCc1cc(=O)oc2cc3c(cc12)CCC3. The first kappa shape index (κ1) is 19.9. The van der Waals surface area contributed by atoms with E-state index in [1.807, 2.05) is 12.1 Å². The van der Waals surface area contributed by atoms with E-state index in [1.54, 1.807) is 0 Å². The van der Waals surface area contributed by atoms with Gasteiger partial charge in [-0.05, 0) is 66.3 Å². The van der Waals surface area contributed by atoms with Crippen molar-refractivity contribution in [1.82, 2.24) is 0 Å². The number of hydrogen-bond acceptors (Lipinski definition) is 4. The van der Waals surface area contributed by atoms with E-state index in [1.165, 1.54) is 29.8 Å². The first-order valence-electron chi connectivity index (χ1n) is 9.40. The summed E-state index contributed by atoms with van der Waals surface area (Å²) in [5, 5.41) is 0.713. The van der Waals surface area contributed by atoms with Crippen molar-refractivity contribution in [2.75, 3.05) is 0 Å². The van der Waals surface area contributed by atoms with Crippen LogP contribution in [0, 0.1) is 0 Å². The Morgan fingerprint density at radius 2 is 1.87 bits per heavy atom. The van der Waals surface area contributed by atoms with Gasteiger partial charge in [0.2, 0.25) is 0 Å². The number of rotatable bonds is 4. The first-order chi connectivity index (χ1) is 14.3. The lowest BCUT2D eigenvalue weighted by Crippen LogP contribution is -2.06. The number of carbonyl (C=O) groups excluding carboxylic acids is 1. The summed E-state index contributed by atoms with van der Waals surface area (Å²) in [6.45, 7) is -0.146. The summed E-state index contributed by atoms with van der Waals surface area (Å²) in [5.41, 5.74) is 2.21. The zero-order valence-electron chi connectivity index (χ0n) is 15.8. The molecule has 2 aromatic carbocycles. The smallest absolute Gasteiger partial charge is 0.416 e. The Labute approximate surface area is 169 Å². The van der Waals surface area contributed by atoms with Crippen molar-refractivity contribution in [3.8, 4) is 0 Å². The number of alkyl halides is 3. The highest BCUT2D eigenvalue weighted by Crippen LogP contribution is 2.30. The molecule has 0 amide bonds. The topological polar surface area (TPSA) is 56.5 Å². The third kappa shape index (κ3) is 4.30. The van der Waals surface area contributed by atoms with Crippen molar-refractivity contribution >= 4 is 23.0 Å². The Bertz CT molecular complexity index is 1210. The summed E-state index contributed by atoms with van der Waals surface area (Å²) >= 11 is 0. The maximum Gasteiger partial charge on any atom is 0.416 e. The van der Waals surface area contributed by atoms with Gasteiger partial charge in [-0.25, -0.2) is 9.59 Å². The third-order valence-electron chi connectivity index (χ3n) is 5.04. The van der Waals surface area contributed by atoms with Gasteiger partial charge in [-0.2, -0.15) is 13.2 Å². The van der Waals surface area contributed by atoms with Gasteiger partial charge in [0.25, 0.3) is 0 Å². The molecule has 0 aliphatic heterocycles. The summed E-state index contributed by atoms with van der Waals surface area (Å²) in [7, 11) is 0. The van der Waals surface area contributed by atoms with E-state index < -0.39 is 23.3 Å². The van der Waals surface area contributed by atoms with Gasteiger partial charge in [0, 0.05) is 23.1 Å². The Morgan fingerprint density at radius 1 is 1.10 bits per heavy atom. The van der Waals surface area contributed by atoms with Crippen LogP contribution in [0.4, 0.5) is 13.2 Å². The van der Waals surface area contributed by atoms with E-state index in [9.17, 15) is 22.8 Å². The van der Waals surface area contributed by atoms with Crippen LogP contribution in [-0.4, -0.2) is 5.97 Å². The zero-order chi connectivity index (χ0) is 21.3. The molecule has 7 heteroatoms. The second kappa shape index (κ2) is 7.82. The number of halogens is 3. The quantitative estimate of drug-likeness (QED) is 0.340. The first-order valence-corrected chi connectivity index (χ1v) is 9.40. The second-order valence-corrected chi connectivity index (χ2v) is 7.13. The van der Waals surface area contributed by atoms with Crippen molar-refractivity contribution < 1.29 is 27.1 Å². The number of carbonyl (C=O) groups is 1. The lowest BCUT2D eigenvalue weighted by molar-refractivity contribution is -0.139. The molecule has 0 atom stereocenters. The van der Waals surface area contributed by atoms with Crippen molar-refractivity contribution in [2.24, 2.45) is 0 Å². The summed E-state index contributed by atoms with van der Waals surface area (Å²) in [6.07, 6.45) is 0.779. The highest BCUT2D eigenvalue weighted by atomic mass is 19.4. The molecule has 30 heavy (non-hydrogen) atoms. The summed E-state index contributed by atoms with van der Waals surface area (Å²) in [5.74, 6) is -0.727. The van der Waals surface area contributed by atoms with Gasteiger partial charge in [-0.15, -0.1) is 0 Å². The second-order valence-electron chi connectivity index (χ2n) is 7.13. The highest BCUT2D eigenvalue weighted by molar-refractivity contribution is 5.87. The van der Waals surface area contributed by atoms with Crippen molar-refractivity contribution in [3.05, 3.63) is 86.8 Å². The van der Waals surface area contributed by atoms with Gasteiger partial charge in [-0.3, -0.25) is 0 Å². The average molecular weight is 414 g/mol. The summed E-state index contributed by atoms with van der Waals surface area (Å²) in [4.78, 5) is 23.9. The molecule has 0 fully saturated rings. The summed E-state index contributed by atoms with van der Waals surface area (Å²) < 4.78 is 48.8. The molecular formula is C23H17F3O4. The Hall–Kier alpha value is -3.35. The van der Waals surface area contributed by atoms with Crippen molar-refractivity contribution in [3.63, 3.8) is 0 Å². The Kier molecular flexibility index (Phi) is 5.20. The molecule has 1 heterocycles. The van der Waals surface area contributed by atoms with Crippen LogP contribution in [0.1, 0.15) is 34.2 Å². The zero-order valence-corrected chi connectivity index (χ0v) is 15.8. The molecule has 0 saturated carbocycles. The number of benzene rings is 2. The lowest BCUT2D eigenvalue weighted by Gasteiger charge is -2.08. The van der Waals surface area contributed by atoms with E-state index >= 15 is 0 Å². The fourth-order valence-corrected chi connectivity index (χ4v) is 3.59. The molecule has 0 radical (unpaired) electrons. The molecule has 0 spiro atoms. The molecule has 0 N–H and O–H groups in total. The van der Waals surface area contributed by atoms with E-state index in [0.29, 0.717) is 16.5 Å². The minimum Gasteiger partial charge on any atom is -0.458 e. The molecular weight excluding hydrogens is 397 g/mol. The molecule has 1 aromatic heterocycles. The van der Waals surface area contributed by atoms with Crippen LogP contribution >= 0.6 is 0 Å². The monoisotopic (exact) mass is 414 g/mol. The van der Waals surface area contributed by atoms with Crippen molar-refractivity contribution in [2.45, 2.75) is 32.0 Å².